The van der Waals surface area contributed by atoms with Gasteiger partial charge in [-0.3, -0.25) is 0 Å². The number of hydrogen-bond acceptors (Lipinski definition) is 2. The van der Waals surface area contributed by atoms with E-state index >= 15 is 0 Å². The molecule has 1 heterocycles. The van der Waals surface area contributed by atoms with Crippen LogP contribution in [-0.2, 0) is 7.05 Å². The molecule has 2 aromatic rings. The first-order valence-electron chi connectivity index (χ1n) is 5.63. The second-order valence-corrected chi connectivity index (χ2v) is 6.33. The summed E-state index contributed by atoms with van der Waals surface area (Å²) in [5.41, 5.74) is 1.09. The lowest BCUT2D eigenvalue weighted by atomic mass is 10.2. The second-order valence-electron chi connectivity index (χ2n) is 4.42. The highest BCUT2D eigenvalue weighted by Crippen LogP contribution is 2.32. The number of aryl methyl sites for hydroxylation is 1. The molecule has 1 aromatic carbocycles. The van der Waals surface area contributed by atoms with Crippen molar-refractivity contribution >= 4 is 35.0 Å². The van der Waals surface area contributed by atoms with Crippen molar-refractivity contribution in [2.75, 3.05) is 0 Å². The van der Waals surface area contributed by atoms with Crippen molar-refractivity contribution in [3.05, 3.63) is 40.1 Å². The van der Waals surface area contributed by atoms with Gasteiger partial charge in [0, 0.05) is 28.2 Å². The van der Waals surface area contributed by atoms with Gasteiger partial charge in [0.15, 0.2) is 5.16 Å². The maximum atomic E-state index is 5.99. The van der Waals surface area contributed by atoms with E-state index < -0.39 is 0 Å². The molecule has 96 valence electrons. The number of halogens is 2. The minimum Gasteiger partial charge on any atom is -0.329 e. The van der Waals surface area contributed by atoms with Crippen LogP contribution < -0.4 is 0 Å². The lowest BCUT2D eigenvalue weighted by molar-refractivity contribution is 0.786. The quantitative estimate of drug-likeness (QED) is 0.793. The number of imidazole rings is 1. The molecule has 0 aliphatic carbocycles. The Morgan fingerprint density at radius 1 is 1.17 bits per heavy atom. The van der Waals surface area contributed by atoms with Crippen LogP contribution in [0.15, 0.2) is 34.4 Å². The molecule has 0 spiro atoms. The normalized spacial score (nSPS) is 11.2. The Kier molecular flexibility index (Phi) is 4.25. The highest BCUT2D eigenvalue weighted by molar-refractivity contribution is 7.99. The lowest BCUT2D eigenvalue weighted by Gasteiger charge is -2.02. The average Bonchev–Trinajstić information content (AvgIpc) is 2.59. The van der Waals surface area contributed by atoms with Gasteiger partial charge in [-0.1, -0.05) is 48.8 Å². The van der Waals surface area contributed by atoms with E-state index in [1.807, 2.05) is 23.7 Å². The van der Waals surface area contributed by atoms with Crippen LogP contribution in [0.1, 0.15) is 25.5 Å². The summed E-state index contributed by atoms with van der Waals surface area (Å²) < 4.78 is 2.02. The third kappa shape index (κ3) is 3.22. The molecule has 0 atom stereocenters. The van der Waals surface area contributed by atoms with Gasteiger partial charge in [-0.25, -0.2) is 4.98 Å². The molecule has 2 rings (SSSR count). The van der Waals surface area contributed by atoms with E-state index in [1.54, 1.807) is 17.8 Å². The summed E-state index contributed by atoms with van der Waals surface area (Å²) in [4.78, 5) is 5.60. The SMILES string of the molecule is CC(C)c1cn(C)c(Sc2cc(Cl)cc(Cl)c2)n1. The molecule has 0 N–H and O–H groups in total. The van der Waals surface area contributed by atoms with Crippen molar-refractivity contribution in [2.24, 2.45) is 7.05 Å². The van der Waals surface area contributed by atoms with Crippen molar-refractivity contribution in [3.8, 4) is 0 Å². The van der Waals surface area contributed by atoms with E-state index in [1.165, 1.54) is 0 Å². The Bertz CT molecular complexity index is 544. The zero-order chi connectivity index (χ0) is 13.3. The highest BCUT2D eigenvalue weighted by atomic mass is 35.5. The van der Waals surface area contributed by atoms with Crippen LogP contribution in [0.3, 0.4) is 0 Å². The standard InChI is InChI=1S/C13H14Cl2N2S/c1-8(2)12-7-17(3)13(16-12)18-11-5-9(14)4-10(15)6-11/h4-8H,1-3H3. The second kappa shape index (κ2) is 5.55. The van der Waals surface area contributed by atoms with Crippen molar-refractivity contribution in [3.63, 3.8) is 0 Å². The first-order valence-corrected chi connectivity index (χ1v) is 7.20. The maximum Gasteiger partial charge on any atom is 0.172 e. The van der Waals surface area contributed by atoms with Gasteiger partial charge in [-0.15, -0.1) is 0 Å². The fraction of sp³-hybridized carbons (Fsp3) is 0.308. The Morgan fingerprint density at radius 2 is 1.78 bits per heavy atom. The molecule has 0 amide bonds. The predicted octanol–water partition coefficient (Wildman–Crippen LogP) is 5.00. The van der Waals surface area contributed by atoms with Gasteiger partial charge >= 0.3 is 0 Å². The molecule has 0 aliphatic heterocycles. The Balaban J connectivity index is 2.28. The molecule has 18 heavy (non-hydrogen) atoms. The molecule has 5 heteroatoms. The molecule has 0 bridgehead atoms. The Hall–Kier alpha value is -0.640. The smallest absolute Gasteiger partial charge is 0.172 e. The van der Waals surface area contributed by atoms with Gasteiger partial charge in [0.05, 0.1) is 5.69 Å². The third-order valence-electron chi connectivity index (χ3n) is 2.49. The molecule has 0 aliphatic rings. The molecule has 0 fully saturated rings. The van der Waals surface area contributed by atoms with Crippen molar-refractivity contribution in [1.29, 1.82) is 0 Å². The summed E-state index contributed by atoms with van der Waals surface area (Å²) in [6, 6.07) is 5.51. The lowest BCUT2D eigenvalue weighted by Crippen LogP contribution is -1.88. The van der Waals surface area contributed by atoms with Gasteiger partial charge in [0.1, 0.15) is 0 Å². The van der Waals surface area contributed by atoms with Crippen LogP contribution in [0.5, 0.6) is 0 Å². The molecule has 0 unspecified atom stereocenters. The van der Waals surface area contributed by atoms with Crippen LogP contribution in [0.4, 0.5) is 0 Å². The number of aromatic nitrogens is 2. The summed E-state index contributed by atoms with van der Waals surface area (Å²) >= 11 is 13.5. The zero-order valence-corrected chi connectivity index (χ0v) is 12.8. The summed E-state index contributed by atoms with van der Waals surface area (Å²) in [7, 11) is 1.99. The third-order valence-corrected chi connectivity index (χ3v) is 3.96. The van der Waals surface area contributed by atoms with E-state index in [-0.39, 0.29) is 0 Å². The number of benzene rings is 1. The van der Waals surface area contributed by atoms with Gasteiger partial charge < -0.3 is 4.57 Å². The van der Waals surface area contributed by atoms with E-state index in [4.69, 9.17) is 23.2 Å². The number of hydrogen-bond donors (Lipinski definition) is 0. The largest absolute Gasteiger partial charge is 0.329 e. The minimum absolute atomic E-state index is 0.425. The minimum atomic E-state index is 0.425. The van der Waals surface area contributed by atoms with Gasteiger partial charge in [0.25, 0.3) is 0 Å². The van der Waals surface area contributed by atoms with Crippen LogP contribution in [0, 0.1) is 0 Å². The molecular weight excluding hydrogens is 287 g/mol. The fourth-order valence-electron chi connectivity index (χ4n) is 1.54. The molecule has 0 saturated heterocycles. The molecule has 1 aromatic heterocycles. The van der Waals surface area contributed by atoms with E-state index in [0.29, 0.717) is 16.0 Å². The molecule has 2 nitrogen and oxygen atoms in total. The molecule has 0 radical (unpaired) electrons. The number of nitrogens with zero attached hydrogens (tertiary/aromatic N) is 2. The van der Waals surface area contributed by atoms with E-state index in [9.17, 15) is 0 Å². The van der Waals surface area contributed by atoms with Crippen LogP contribution in [0.2, 0.25) is 10.0 Å². The first kappa shape index (κ1) is 13.8. The summed E-state index contributed by atoms with van der Waals surface area (Å²) in [5.74, 6) is 0.425. The highest BCUT2D eigenvalue weighted by Gasteiger charge is 2.10. The monoisotopic (exact) mass is 300 g/mol. The Labute approximate surface area is 121 Å². The summed E-state index contributed by atoms with van der Waals surface area (Å²) in [6.07, 6.45) is 2.05. The van der Waals surface area contributed by atoms with Crippen molar-refractivity contribution in [2.45, 2.75) is 29.8 Å². The van der Waals surface area contributed by atoms with Crippen molar-refractivity contribution in [1.82, 2.24) is 9.55 Å². The number of rotatable bonds is 3. The first-order chi connectivity index (χ1) is 8.45. The van der Waals surface area contributed by atoms with E-state index in [0.717, 1.165) is 15.7 Å². The summed E-state index contributed by atoms with van der Waals surface area (Å²) in [5, 5.41) is 2.23. The zero-order valence-electron chi connectivity index (χ0n) is 10.4. The van der Waals surface area contributed by atoms with Gasteiger partial charge in [0.2, 0.25) is 0 Å². The van der Waals surface area contributed by atoms with Crippen LogP contribution in [0.25, 0.3) is 0 Å². The van der Waals surface area contributed by atoms with E-state index in [2.05, 4.69) is 25.0 Å². The van der Waals surface area contributed by atoms with Gasteiger partial charge in [-0.2, -0.15) is 0 Å². The van der Waals surface area contributed by atoms with Crippen LogP contribution in [-0.4, -0.2) is 9.55 Å². The van der Waals surface area contributed by atoms with Crippen LogP contribution >= 0.6 is 35.0 Å². The topological polar surface area (TPSA) is 17.8 Å². The maximum absolute atomic E-state index is 5.99. The fourth-order valence-corrected chi connectivity index (χ4v) is 3.12. The summed E-state index contributed by atoms with van der Waals surface area (Å²) in [6.45, 7) is 4.26. The van der Waals surface area contributed by atoms with Gasteiger partial charge in [-0.05, 0) is 24.1 Å². The molecule has 0 saturated carbocycles. The average molecular weight is 301 g/mol. The van der Waals surface area contributed by atoms with Crippen molar-refractivity contribution < 1.29 is 0 Å². The predicted molar refractivity (Wildman–Crippen MR) is 77.9 cm³/mol. The molecular formula is C13H14Cl2N2S. The Morgan fingerprint density at radius 3 is 2.28 bits per heavy atom.